The molecule has 0 saturated carbocycles. The van der Waals surface area contributed by atoms with E-state index in [1.54, 1.807) is 13.8 Å². The molecule has 0 aliphatic carbocycles. The van der Waals surface area contributed by atoms with Crippen LogP contribution in [0.4, 0.5) is 8.78 Å². The number of rotatable bonds is 4. The normalized spacial score (nSPS) is 12.2. The van der Waals surface area contributed by atoms with Crippen LogP contribution in [0.2, 0.25) is 0 Å². The van der Waals surface area contributed by atoms with Gasteiger partial charge in [-0.25, -0.2) is 13.6 Å². The van der Waals surface area contributed by atoms with E-state index in [1.165, 1.54) is 18.2 Å². The van der Waals surface area contributed by atoms with Gasteiger partial charge in [-0.1, -0.05) is 6.92 Å². The number of esters is 1. The van der Waals surface area contributed by atoms with Crippen molar-refractivity contribution in [3.8, 4) is 0 Å². The lowest BCUT2D eigenvalue weighted by molar-refractivity contribution is 0.0519. The number of carbonyl (C=O) groups excluding carboxylic acids is 1. The average molecular weight is 280 g/mol. The van der Waals surface area contributed by atoms with Gasteiger partial charge in [-0.2, -0.15) is 5.10 Å². The molecule has 1 atom stereocenters. The summed E-state index contributed by atoms with van der Waals surface area (Å²) in [5, 5.41) is 6.54. The molecule has 0 amide bonds. The van der Waals surface area contributed by atoms with E-state index in [4.69, 9.17) is 4.74 Å². The Bertz CT molecular complexity index is 605. The van der Waals surface area contributed by atoms with E-state index in [2.05, 4.69) is 10.2 Å². The van der Waals surface area contributed by atoms with E-state index in [9.17, 15) is 13.6 Å². The van der Waals surface area contributed by atoms with Gasteiger partial charge in [0.25, 0.3) is 0 Å². The Kier molecular flexibility index (Phi) is 4.12. The third-order valence-electron chi connectivity index (χ3n) is 2.92. The number of aromatic amines is 1. The number of benzene rings is 1. The Morgan fingerprint density at radius 2 is 1.95 bits per heavy atom. The fraction of sp³-hybridized carbons (Fsp3) is 0.286. The second kappa shape index (κ2) is 5.81. The van der Waals surface area contributed by atoms with E-state index in [0.29, 0.717) is 11.3 Å². The molecule has 106 valence electrons. The highest BCUT2D eigenvalue weighted by Crippen LogP contribution is 2.24. The molecule has 1 heterocycles. The Labute approximate surface area is 114 Å². The maximum atomic E-state index is 13.2. The Morgan fingerprint density at radius 3 is 2.55 bits per heavy atom. The van der Waals surface area contributed by atoms with E-state index in [-0.39, 0.29) is 18.2 Å². The standard InChI is InChI=1S/C14H14F2N2O2/c1-3-20-14(19)13-7-12(17-18-13)8(2)9-4-10(15)6-11(16)5-9/h4-8H,3H2,1-2H3,(H,17,18). The number of ether oxygens (including phenoxy) is 1. The van der Waals surface area contributed by atoms with Gasteiger partial charge in [0, 0.05) is 12.0 Å². The van der Waals surface area contributed by atoms with Gasteiger partial charge in [0.05, 0.1) is 12.3 Å². The molecule has 0 spiro atoms. The predicted molar refractivity (Wildman–Crippen MR) is 68.4 cm³/mol. The first-order valence-corrected chi connectivity index (χ1v) is 6.19. The van der Waals surface area contributed by atoms with Gasteiger partial charge >= 0.3 is 5.97 Å². The summed E-state index contributed by atoms with van der Waals surface area (Å²) < 4.78 is 31.2. The van der Waals surface area contributed by atoms with E-state index < -0.39 is 17.6 Å². The first-order valence-electron chi connectivity index (χ1n) is 6.19. The van der Waals surface area contributed by atoms with Crippen LogP contribution in [0, 0.1) is 11.6 Å². The minimum atomic E-state index is -0.645. The minimum Gasteiger partial charge on any atom is -0.461 e. The summed E-state index contributed by atoms with van der Waals surface area (Å²) in [6.45, 7) is 3.71. The number of carbonyl (C=O) groups is 1. The summed E-state index contributed by atoms with van der Waals surface area (Å²) >= 11 is 0. The monoisotopic (exact) mass is 280 g/mol. The largest absolute Gasteiger partial charge is 0.461 e. The second-order valence-electron chi connectivity index (χ2n) is 4.35. The maximum Gasteiger partial charge on any atom is 0.356 e. The molecule has 20 heavy (non-hydrogen) atoms. The number of hydrogen-bond donors (Lipinski definition) is 1. The Hall–Kier alpha value is -2.24. The van der Waals surface area contributed by atoms with Gasteiger partial charge in [-0.15, -0.1) is 0 Å². The van der Waals surface area contributed by atoms with Crippen LogP contribution in [0.3, 0.4) is 0 Å². The Morgan fingerprint density at radius 1 is 1.30 bits per heavy atom. The molecule has 2 rings (SSSR count). The number of hydrogen-bond acceptors (Lipinski definition) is 3. The van der Waals surface area contributed by atoms with E-state index in [1.807, 2.05) is 0 Å². The van der Waals surface area contributed by atoms with Gasteiger partial charge in [-0.3, -0.25) is 5.10 Å². The van der Waals surface area contributed by atoms with E-state index >= 15 is 0 Å². The molecule has 1 unspecified atom stereocenters. The quantitative estimate of drug-likeness (QED) is 0.876. The summed E-state index contributed by atoms with van der Waals surface area (Å²) in [7, 11) is 0. The van der Waals surface area contributed by atoms with Gasteiger partial charge in [0.1, 0.15) is 17.3 Å². The highest BCUT2D eigenvalue weighted by atomic mass is 19.1. The first kappa shape index (κ1) is 14.2. The van der Waals surface area contributed by atoms with Gasteiger partial charge in [0.15, 0.2) is 0 Å². The molecule has 0 fully saturated rings. The zero-order chi connectivity index (χ0) is 14.7. The Balaban J connectivity index is 2.25. The molecular formula is C14H14F2N2O2. The molecule has 0 radical (unpaired) electrons. The van der Waals surface area contributed by atoms with Crippen molar-refractivity contribution in [3.05, 3.63) is 52.9 Å². The lowest BCUT2D eigenvalue weighted by atomic mass is 9.97. The van der Waals surface area contributed by atoms with Crippen LogP contribution in [-0.2, 0) is 4.74 Å². The molecule has 0 bridgehead atoms. The van der Waals surface area contributed by atoms with Crippen LogP contribution in [-0.4, -0.2) is 22.8 Å². The maximum absolute atomic E-state index is 13.2. The zero-order valence-corrected chi connectivity index (χ0v) is 11.1. The van der Waals surface area contributed by atoms with Crippen LogP contribution < -0.4 is 0 Å². The van der Waals surface area contributed by atoms with Crippen molar-refractivity contribution < 1.29 is 18.3 Å². The van der Waals surface area contributed by atoms with Crippen molar-refractivity contribution in [2.24, 2.45) is 0 Å². The summed E-state index contributed by atoms with van der Waals surface area (Å²) in [6.07, 6.45) is 0. The third kappa shape index (κ3) is 3.01. The number of aromatic nitrogens is 2. The lowest BCUT2D eigenvalue weighted by Gasteiger charge is -2.09. The molecule has 1 N–H and O–H groups in total. The number of H-pyrrole nitrogens is 1. The summed E-state index contributed by atoms with van der Waals surface area (Å²) in [5.74, 6) is -2.15. The van der Waals surface area contributed by atoms with E-state index in [0.717, 1.165) is 6.07 Å². The average Bonchev–Trinajstić information content (AvgIpc) is 2.86. The van der Waals surface area contributed by atoms with Gasteiger partial charge in [0.2, 0.25) is 0 Å². The van der Waals surface area contributed by atoms with Gasteiger partial charge in [-0.05, 0) is 30.7 Å². The molecule has 1 aromatic carbocycles. The fourth-order valence-corrected chi connectivity index (χ4v) is 1.87. The van der Waals surface area contributed by atoms with Crippen molar-refractivity contribution in [2.75, 3.05) is 6.61 Å². The number of nitrogens with zero attached hydrogens (tertiary/aromatic N) is 1. The molecule has 0 saturated heterocycles. The summed E-state index contributed by atoms with van der Waals surface area (Å²) in [5.41, 5.74) is 1.17. The predicted octanol–water partition coefficient (Wildman–Crippen LogP) is 3.02. The molecule has 0 aliphatic heterocycles. The topological polar surface area (TPSA) is 55.0 Å². The minimum absolute atomic E-state index is 0.213. The molecule has 2 aromatic rings. The first-order chi connectivity index (χ1) is 9.51. The second-order valence-corrected chi connectivity index (χ2v) is 4.35. The van der Waals surface area contributed by atoms with Crippen LogP contribution >= 0.6 is 0 Å². The fourth-order valence-electron chi connectivity index (χ4n) is 1.87. The van der Waals surface area contributed by atoms with Gasteiger partial charge < -0.3 is 4.74 Å². The molecule has 0 aliphatic rings. The van der Waals surface area contributed by atoms with Crippen molar-refractivity contribution in [1.82, 2.24) is 10.2 Å². The van der Waals surface area contributed by atoms with Crippen LogP contribution in [0.5, 0.6) is 0 Å². The van der Waals surface area contributed by atoms with Crippen molar-refractivity contribution in [2.45, 2.75) is 19.8 Å². The molecule has 6 heteroatoms. The third-order valence-corrected chi connectivity index (χ3v) is 2.92. The smallest absolute Gasteiger partial charge is 0.356 e. The van der Waals surface area contributed by atoms with Crippen LogP contribution in [0.1, 0.15) is 41.5 Å². The zero-order valence-electron chi connectivity index (χ0n) is 11.1. The highest BCUT2D eigenvalue weighted by Gasteiger charge is 2.17. The SMILES string of the molecule is CCOC(=O)c1cc(C(C)c2cc(F)cc(F)c2)n[nH]1. The number of halogens is 2. The molecular weight excluding hydrogens is 266 g/mol. The van der Waals surface area contributed by atoms with Crippen molar-refractivity contribution in [1.29, 1.82) is 0 Å². The van der Waals surface area contributed by atoms with Crippen molar-refractivity contribution >= 4 is 5.97 Å². The van der Waals surface area contributed by atoms with Crippen LogP contribution in [0.25, 0.3) is 0 Å². The number of nitrogens with one attached hydrogen (secondary N) is 1. The van der Waals surface area contributed by atoms with Crippen LogP contribution in [0.15, 0.2) is 24.3 Å². The van der Waals surface area contributed by atoms with Crippen molar-refractivity contribution in [3.63, 3.8) is 0 Å². The molecule has 1 aromatic heterocycles. The highest BCUT2D eigenvalue weighted by molar-refractivity contribution is 5.87. The lowest BCUT2D eigenvalue weighted by Crippen LogP contribution is -2.04. The molecule has 4 nitrogen and oxygen atoms in total. The summed E-state index contributed by atoms with van der Waals surface area (Å²) in [4.78, 5) is 11.5. The summed E-state index contributed by atoms with van der Waals surface area (Å²) in [6, 6.07) is 4.81.